The molecule has 10 heteroatoms. The molecule has 0 bridgehead atoms. The molecule has 0 amide bonds. The molecule has 0 fully saturated rings. The smallest absolute Gasteiger partial charge is 0.332 e. The monoisotopic (exact) mass is 289 g/mol. The number of hydrogen-bond acceptors (Lipinski definition) is 6. The van der Waals surface area contributed by atoms with Gasteiger partial charge in [0, 0.05) is 12.8 Å². The Hall–Kier alpha value is -0.710. The maximum Gasteiger partial charge on any atom is 0.332 e. The summed E-state index contributed by atoms with van der Waals surface area (Å²) in [5, 5.41) is 17.2. The maximum absolute atomic E-state index is 11.2. The lowest BCUT2D eigenvalue weighted by Crippen LogP contribution is -2.33. The van der Waals surface area contributed by atoms with E-state index in [9.17, 15) is 21.6 Å². The zero-order chi connectivity index (χ0) is 13.7. The fourth-order valence-corrected chi connectivity index (χ4v) is 3.47. The number of hydrogen-bond donors (Lipinski definition) is 3. The average Bonchev–Trinajstić information content (AvgIpc) is 2.13. The lowest BCUT2D eigenvalue weighted by Gasteiger charge is -2.07. The molecule has 0 rings (SSSR count). The highest BCUT2D eigenvalue weighted by Gasteiger charge is 2.17. The molecule has 0 heterocycles. The summed E-state index contributed by atoms with van der Waals surface area (Å²) in [6.45, 7) is -0.264. The molecule has 102 valence electrons. The van der Waals surface area contributed by atoms with Crippen molar-refractivity contribution < 1.29 is 31.8 Å². The normalized spacial score (nSPS) is 14.5. The lowest BCUT2D eigenvalue weighted by atomic mass is 10.3. The van der Waals surface area contributed by atoms with E-state index in [0.717, 1.165) is 6.26 Å². The first kappa shape index (κ1) is 16.3. The number of sulfonamides is 1. The molecule has 0 aliphatic carbocycles. The van der Waals surface area contributed by atoms with Crippen LogP contribution in [0, 0.1) is 0 Å². The lowest BCUT2D eigenvalue weighted by molar-refractivity contribution is -0.146. The van der Waals surface area contributed by atoms with Gasteiger partial charge in [-0.2, -0.15) is 0 Å². The molecular formula is C7H15NO7S2. The molecule has 0 saturated carbocycles. The van der Waals surface area contributed by atoms with Crippen LogP contribution < -0.4 is 4.72 Å². The zero-order valence-electron chi connectivity index (χ0n) is 9.16. The summed E-state index contributed by atoms with van der Waals surface area (Å²) in [6.07, 6.45) is -1.02. The SMILES string of the molecule is CS(=O)(=O)CCS(=O)(=O)NCCC(O)C(=O)O. The molecule has 0 aromatic heterocycles. The Morgan fingerprint density at radius 2 is 1.76 bits per heavy atom. The predicted molar refractivity (Wildman–Crippen MR) is 59.8 cm³/mol. The van der Waals surface area contributed by atoms with Gasteiger partial charge >= 0.3 is 5.97 Å². The van der Waals surface area contributed by atoms with Crippen LogP contribution in [0.2, 0.25) is 0 Å². The first-order chi connectivity index (χ1) is 7.53. The molecule has 1 atom stereocenters. The topological polar surface area (TPSA) is 138 Å². The van der Waals surface area contributed by atoms with E-state index in [1.54, 1.807) is 0 Å². The van der Waals surface area contributed by atoms with Crippen LogP contribution in [-0.4, -0.2) is 63.4 Å². The molecule has 0 aromatic carbocycles. The molecule has 3 N–H and O–H groups in total. The summed E-state index contributed by atoms with van der Waals surface area (Å²) >= 11 is 0. The highest BCUT2D eigenvalue weighted by Crippen LogP contribution is 1.93. The molecule has 1 unspecified atom stereocenters. The van der Waals surface area contributed by atoms with Crippen molar-refractivity contribution >= 4 is 25.8 Å². The van der Waals surface area contributed by atoms with Crippen molar-refractivity contribution in [3.63, 3.8) is 0 Å². The van der Waals surface area contributed by atoms with Crippen LogP contribution in [0.4, 0.5) is 0 Å². The van der Waals surface area contributed by atoms with Gasteiger partial charge in [0.1, 0.15) is 9.84 Å². The molecule has 0 aliphatic rings. The Labute approximate surface area is 99.6 Å². The van der Waals surface area contributed by atoms with E-state index in [2.05, 4.69) is 0 Å². The minimum atomic E-state index is -3.77. The molecule has 0 aliphatic heterocycles. The fourth-order valence-electron chi connectivity index (χ4n) is 0.808. The van der Waals surface area contributed by atoms with Crippen LogP contribution in [-0.2, 0) is 24.7 Å². The van der Waals surface area contributed by atoms with Crippen LogP contribution in [0.1, 0.15) is 6.42 Å². The highest BCUT2D eigenvalue weighted by molar-refractivity contribution is 7.93. The Bertz CT molecular complexity index is 453. The minimum absolute atomic E-state index is 0.264. The van der Waals surface area contributed by atoms with Gasteiger partial charge in [-0.1, -0.05) is 0 Å². The Balaban J connectivity index is 4.08. The molecule has 0 saturated heterocycles. The predicted octanol–water partition coefficient (Wildman–Crippen LogP) is -2.21. The third-order valence-corrected chi connectivity index (χ3v) is 4.34. The summed E-state index contributed by atoms with van der Waals surface area (Å²) in [7, 11) is -7.14. The van der Waals surface area contributed by atoms with Crippen LogP contribution in [0.3, 0.4) is 0 Å². The number of nitrogens with one attached hydrogen (secondary N) is 1. The van der Waals surface area contributed by atoms with Crippen molar-refractivity contribution in [3.8, 4) is 0 Å². The summed E-state index contributed by atoms with van der Waals surface area (Å²) in [5.41, 5.74) is 0. The Morgan fingerprint density at radius 3 is 2.18 bits per heavy atom. The Morgan fingerprint density at radius 1 is 1.24 bits per heavy atom. The second-order valence-corrected chi connectivity index (χ2v) is 7.67. The summed E-state index contributed by atoms with van der Waals surface area (Å²) in [5.74, 6) is -2.54. The van der Waals surface area contributed by atoms with Crippen LogP contribution >= 0.6 is 0 Å². The Kier molecular flexibility index (Phi) is 6.02. The minimum Gasteiger partial charge on any atom is -0.479 e. The first-order valence-electron chi connectivity index (χ1n) is 4.59. The maximum atomic E-state index is 11.2. The van der Waals surface area contributed by atoms with Crippen molar-refractivity contribution in [3.05, 3.63) is 0 Å². The summed E-state index contributed by atoms with van der Waals surface area (Å²) in [4.78, 5) is 10.2. The molecule has 8 nitrogen and oxygen atoms in total. The van der Waals surface area contributed by atoms with Crippen molar-refractivity contribution in [1.82, 2.24) is 4.72 Å². The zero-order valence-corrected chi connectivity index (χ0v) is 10.8. The number of rotatable bonds is 8. The van der Waals surface area contributed by atoms with E-state index in [1.807, 2.05) is 4.72 Å². The molecule has 0 aromatic rings. The third-order valence-electron chi connectivity index (χ3n) is 1.75. The van der Waals surface area contributed by atoms with Gasteiger partial charge in [-0.3, -0.25) is 0 Å². The van der Waals surface area contributed by atoms with E-state index in [4.69, 9.17) is 10.2 Å². The number of aliphatic hydroxyl groups is 1. The van der Waals surface area contributed by atoms with E-state index >= 15 is 0 Å². The average molecular weight is 289 g/mol. The van der Waals surface area contributed by atoms with E-state index in [1.165, 1.54) is 0 Å². The van der Waals surface area contributed by atoms with Crippen LogP contribution in [0.15, 0.2) is 0 Å². The highest BCUT2D eigenvalue weighted by atomic mass is 32.2. The second-order valence-electron chi connectivity index (χ2n) is 3.49. The summed E-state index contributed by atoms with van der Waals surface area (Å²) in [6, 6.07) is 0. The van der Waals surface area contributed by atoms with Crippen molar-refractivity contribution in [2.45, 2.75) is 12.5 Å². The van der Waals surface area contributed by atoms with Crippen molar-refractivity contribution in [2.75, 3.05) is 24.3 Å². The first-order valence-corrected chi connectivity index (χ1v) is 8.31. The fraction of sp³-hybridized carbons (Fsp3) is 0.857. The van der Waals surface area contributed by atoms with E-state index < -0.39 is 43.4 Å². The van der Waals surface area contributed by atoms with Gasteiger partial charge in [0.2, 0.25) is 10.0 Å². The molecule has 0 spiro atoms. The van der Waals surface area contributed by atoms with Gasteiger partial charge in [0.05, 0.1) is 11.5 Å². The van der Waals surface area contributed by atoms with Crippen LogP contribution in [0.25, 0.3) is 0 Å². The van der Waals surface area contributed by atoms with Gasteiger partial charge in [-0.15, -0.1) is 0 Å². The number of carboxylic acid groups (broad SMARTS) is 1. The largest absolute Gasteiger partial charge is 0.479 e. The van der Waals surface area contributed by atoms with Crippen LogP contribution in [0.5, 0.6) is 0 Å². The summed E-state index contributed by atoms with van der Waals surface area (Å²) < 4.78 is 45.9. The van der Waals surface area contributed by atoms with Crippen molar-refractivity contribution in [1.29, 1.82) is 0 Å². The van der Waals surface area contributed by atoms with Gasteiger partial charge in [-0.25, -0.2) is 26.4 Å². The van der Waals surface area contributed by atoms with Gasteiger partial charge in [0.15, 0.2) is 6.10 Å². The quantitative estimate of drug-likeness (QED) is 0.460. The molecule has 0 radical (unpaired) electrons. The van der Waals surface area contributed by atoms with Gasteiger partial charge in [-0.05, 0) is 6.42 Å². The number of carbonyl (C=O) groups is 1. The van der Waals surface area contributed by atoms with E-state index in [0.29, 0.717) is 0 Å². The standard InChI is InChI=1S/C7H15NO7S2/c1-16(12,13)4-5-17(14,15)8-3-2-6(9)7(10)11/h6,8-9H,2-5H2,1H3,(H,10,11). The van der Waals surface area contributed by atoms with Crippen molar-refractivity contribution in [2.24, 2.45) is 0 Å². The second kappa shape index (κ2) is 6.28. The molecule has 17 heavy (non-hydrogen) atoms. The third kappa shape index (κ3) is 9.03. The van der Waals surface area contributed by atoms with E-state index in [-0.39, 0.29) is 13.0 Å². The molecular weight excluding hydrogens is 274 g/mol. The van der Waals surface area contributed by atoms with Gasteiger partial charge in [0.25, 0.3) is 0 Å². The number of aliphatic hydroxyl groups excluding tert-OH is 1. The van der Waals surface area contributed by atoms with Gasteiger partial charge < -0.3 is 10.2 Å². The number of sulfone groups is 1. The number of aliphatic carboxylic acids is 1. The number of carboxylic acids is 1.